The van der Waals surface area contributed by atoms with Crippen LogP contribution in [-0.4, -0.2) is 0 Å². The van der Waals surface area contributed by atoms with Crippen molar-refractivity contribution in [2.45, 2.75) is 6.18 Å². The Bertz CT molecular complexity index is 896. The molecule has 112 valence electrons. The topological polar surface area (TPSA) is 30.2 Å². The van der Waals surface area contributed by atoms with Gasteiger partial charge in [-0.25, -0.2) is 4.79 Å². The molecule has 0 spiro atoms. The quantitative estimate of drug-likeness (QED) is 0.581. The van der Waals surface area contributed by atoms with Gasteiger partial charge in [0.15, 0.2) is 0 Å². The van der Waals surface area contributed by atoms with E-state index in [4.69, 9.17) is 16.0 Å². The van der Waals surface area contributed by atoms with Crippen molar-refractivity contribution in [1.82, 2.24) is 0 Å². The first-order valence-corrected chi connectivity index (χ1v) is 6.64. The second-order valence-corrected chi connectivity index (χ2v) is 5.08. The van der Waals surface area contributed by atoms with Gasteiger partial charge in [-0.2, -0.15) is 13.2 Å². The molecule has 3 rings (SSSR count). The summed E-state index contributed by atoms with van der Waals surface area (Å²) in [5.74, 6) is 0. The minimum Gasteiger partial charge on any atom is -0.422 e. The van der Waals surface area contributed by atoms with Crippen molar-refractivity contribution in [3.8, 4) is 11.1 Å². The van der Waals surface area contributed by atoms with Crippen LogP contribution in [-0.2, 0) is 6.18 Å². The smallest absolute Gasteiger partial charge is 0.422 e. The molecule has 0 atom stereocenters. The van der Waals surface area contributed by atoms with Gasteiger partial charge in [-0.3, -0.25) is 0 Å². The largest absolute Gasteiger partial charge is 0.424 e. The molecular formula is C16H8ClF3O2. The van der Waals surface area contributed by atoms with Crippen molar-refractivity contribution in [3.05, 3.63) is 69.5 Å². The molecule has 0 aliphatic carbocycles. The highest BCUT2D eigenvalue weighted by atomic mass is 35.5. The molecule has 1 heterocycles. The van der Waals surface area contributed by atoms with Gasteiger partial charge in [0.2, 0.25) is 0 Å². The fourth-order valence-corrected chi connectivity index (χ4v) is 2.45. The maximum atomic E-state index is 13.3. The molecule has 6 heteroatoms. The fourth-order valence-electron chi connectivity index (χ4n) is 2.32. The van der Waals surface area contributed by atoms with Gasteiger partial charge in [0.1, 0.15) is 11.1 Å². The summed E-state index contributed by atoms with van der Waals surface area (Å²) in [7, 11) is 0. The summed E-state index contributed by atoms with van der Waals surface area (Å²) in [5, 5.41) is 0.612. The molecule has 0 unspecified atom stereocenters. The molecule has 0 amide bonds. The molecular weight excluding hydrogens is 317 g/mol. The fraction of sp³-hybridized carbons (Fsp3) is 0.0625. The zero-order valence-corrected chi connectivity index (χ0v) is 11.7. The van der Waals surface area contributed by atoms with Crippen molar-refractivity contribution in [1.29, 1.82) is 0 Å². The Morgan fingerprint density at radius 2 is 1.59 bits per heavy atom. The van der Waals surface area contributed by atoms with Crippen LogP contribution in [0.3, 0.4) is 0 Å². The summed E-state index contributed by atoms with van der Waals surface area (Å²) >= 11 is 5.78. The van der Waals surface area contributed by atoms with Crippen molar-refractivity contribution < 1.29 is 17.6 Å². The molecule has 0 fully saturated rings. The highest BCUT2D eigenvalue weighted by molar-refractivity contribution is 6.30. The molecule has 22 heavy (non-hydrogen) atoms. The molecule has 0 N–H and O–H groups in total. The molecule has 1 aromatic heterocycles. The van der Waals surface area contributed by atoms with E-state index >= 15 is 0 Å². The standard InChI is InChI=1S/C16H8ClF3O2/c17-10-7-5-9(6-8-10)13-11-3-1-2-4-12(11)22-15(21)14(13)16(18,19)20/h1-8H. The number of hydrogen-bond donors (Lipinski definition) is 0. The Kier molecular flexibility index (Phi) is 3.45. The Balaban J connectivity index is 2.48. The Morgan fingerprint density at radius 3 is 2.23 bits per heavy atom. The van der Waals surface area contributed by atoms with Crippen LogP contribution in [0, 0.1) is 0 Å². The van der Waals surface area contributed by atoms with Crippen LogP contribution in [0.15, 0.2) is 57.7 Å². The summed E-state index contributed by atoms with van der Waals surface area (Å²) in [5.41, 5.74) is -2.56. The Morgan fingerprint density at radius 1 is 0.955 bits per heavy atom. The first kappa shape index (κ1) is 14.7. The Labute approximate surface area is 127 Å². The lowest BCUT2D eigenvalue weighted by Gasteiger charge is -2.14. The number of fused-ring (bicyclic) bond motifs is 1. The van der Waals surface area contributed by atoms with E-state index in [0.29, 0.717) is 5.02 Å². The summed E-state index contributed by atoms with van der Waals surface area (Å²) < 4.78 is 44.8. The van der Waals surface area contributed by atoms with Gasteiger partial charge < -0.3 is 4.42 Å². The summed E-state index contributed by atoms with van der Waals surface area (Å²) in [6, 6.07) is 11.9. The third-order valence-electron chi connectivity index (χ3n) is 3.23. The number of hydrogen-bond acceptors (Lipinski definition) is 2. The predicted molar refractivity (Wildman–Crippen MR) is 77.9 cm³/mol. The third kappa shape index (κ3) is 2.48. The molecule has 0 radical (unpaired) electrons. The highest BCUT2D eigenvalue weighted by Crippen LogP contribution is 2.39. The van der Waals surface area contributed by atoms with Gasteiger partial charge in [-0.15, -0.1) is 0 Å². The minimum absolute atomic E-state index is 0.102. The van der Waals surface area contributed by atoms with Crippen LogP contribution in [0.2, 0.25) is 5.02 Å². The van der Waals surface area contributed by atoms with E-state index in [1.807, 2.05) is 0 Å². The van der Waals surface area contributed by atoms with Crippen LogP contribution in [0.25, 0.3) is 22.1 Å². The highest BCUT2D eigenvalue weighted by Gasteiger charge is 2.39. The van der Waals surface area contributed by atoms with E-state index < -0.39 is 17.4 Å². The maximum absolute atomic E-state index is 13.3. The summed E-state index contributed by atoms with van der Waals surface area (Å²) in [6.45, 7) is 0. The number of benzene rings is 2. The molecule has 3 aromatic rings. The minimum atomic E-state index is -4.82. The van der Waals surface area contributed by atoms with Gasteiger partial charge in [0, 0.05) is 16.0 Å². The van der Waals surface area contributed by atoms with Gasteiger partial charge in [0.05, 0.1) is 0 Å². The average molecular weight is 325 g/mol. The van der Waals surface area contributed by atoms with E-state index in [2.05, 4.69) is 0 Å². The molecule has 2 nitrogen and oxygen atoms in total. The number of rotatable bonds is 1. The lowest BCUT2D eigenvalue weighted by Crippen LogP contribution is -2.20. The Hall–Kier alpha value is -2.27. The zero-order valence-electron chi connectivity index (χ0n) is 10.9. The second kappa shape index (κ2) is 5.18. The van der Waals surface area contributed by atoms with Crippen LogP contribution in [0.5, 0.6) is 0 Å². The van der Waals surface area contributed by atoms with E-state index in [9.17, 15) is 18.0 Å². The molecule has 0 saturated carbocycles. The van der Waals surface area contributed by atoms with Gasteiger partial charge in [-0.1, -0.05) is 41.9 Å². The molecule has 2 aromatic carbocycles. The van der Waals surface area contributed by atoms with Crippen LogP contribution in [0.4, 0.5) is 13.2 Å². The van der Waals surface area contributed by atoms with Gasteiger partial charge in [-0.05, 0) is 23.8 Å². The predicted octanol–water partition coefficient (Wildman–Crippen LogP) is 5.13. The first-order valence-electron chi connectivity index (χ1n) is 6.27. The lowest BCUT2D eigenvalue weighted by atomic mass is 9.97. The van der Waals surface area contributed by atoms with E-state index in [1.165, 1.54) is 36.4 Å². The van der Waals surface area contributed by atoms with Crippen molar-refractivity contribution in [2.75, 3.05) is 0 Å². The van der Waals surface area contributed by atoms with Crippen LogP contribution >= 0.6 is 11.6 Å². The monoisotopic (exact) mass is 324 g/mol. The van der Waals surface area contributed by atoms with Crippen molar-refractivity contribution in [3.63, 3.8) is 0 Å². The van der Waals surface area contributed by atoms with Crippen molar-refractivity contribution >= 4 is 22.6 Å². The molecule has 0 aliphatic heterocycles. The van der Waals surface area contributed by atoms with Gasteiger partial charge in [0.25, 0.3) is 0 Å². The second-order valence-electron chi connectivity index (χ2n) is 4.64. The summed E-state index contributed by atoms with van der Waals surface area (Å²) in [4.78, 5) is 11.8. The van der Waals surface area contributed by atoms with E-state index in [0.717, 1.165) is 0 Å². The molecule has 0 saturated heterocycles. The average Bonchev–Trinajstić information content (AvgIpc) is 2.45. The lowest BCUT2D eigenvalue weighted by molar-refractivity contribution is -0.139. The maximum Gasteiger partial charge on any atom is 0.424 e. The number of alkyl halides is 3. The van der Waals surface area contributed by atoms with Gasteiger partial charge >= 0.3 is 11.8 Å². The SMILES string of the molecule is O=c1oc2ccccc2c(-c2ccc(Cl)cc2)c1C(F)(F)F. The molecule has 0 bridgehead atoms. The van der Waals surface area contributed by atoms with Crippen LogP contribution in [0.1, 0.15) is 5.56 Å². The number of halogens is 4. The summed E-state index contributed by atoms with van der Waals surface area (Å²) in [6.07, 6.45) is -4.82. The van der Waals surface area contributed by atoms with Crippen LogP contribution < -0.4 is 5.63 Å². The van der Waals surface area contributed by atoms with E-state index in [-0.39, 0.29) is 22.1 Å². The van der Waals surface area contributed by atoms with E-state index in [1.54, 1.807) is 12.1 Å². The third-order valence-corrected chi connectivity index (χ3v) is 3.48. The van der Waals surface area contributed by atoms with Crippen molar-refractivity contribution in [2.24, 2.45) is 0 Å². The first-order chi connectivity index (χ1) is 10.4. The number of para-hydroxylation sites is 1. The zero-order chi connectivity index (χ0) is 15.9. The molecule has 0 aliphatic rings. The normalized spacial score (nSPS) is 11.8.